The van der Waals surface area contributed by atoms with Crippen molar-refractivity contribution in [3.8, 4) is 17.2 Å². The van der Waals surface area contributed by atoms with Crippen LogP contribution in [0.4, 0.5) is 10.1 Å². The molecule has 0 saturated heterocycles. The molecule has 1 aromatic heterocycles. The number of aliphatic imine (C=N–C) groups is 1. The van der Waals surface area contributed by atoms with Gasteiger partial charge in [0.1, 0.15) is 28.8 Å². The molecular formula is C23H16FIN4O2. The molecule has 8 heteroatoms. The standard InChI is InChI=1S/C23H16FIN4O2/c24-14-10-15(25)12-18(11-14)31-23-3-1-2-20-19(23)8-9-21(28-20)22(29-26)13-27-16-4-6-17(30)7-5-16/h1-13,30H,26H2. The van der Waals surface area contributed by atoms with Crippen molar-refractivity contribution in [2.75, 3.05) is 0 Å². The van der Waals surface area contributed by atoms with Crippen molar-refractivity contribution in [1.29, 1.82) is 0 Å². The molecule has 31 heavy (non-hydrogen) atoms. The van der Waals surface area contributed by atoms with Gasteiger partial charge in [0.05, 0.1) is 23.1 Å². The van der Waals surface area contributed by atoms with Crippen molar-refractivity contribution in [3.63, 3.8) is 0 Å². The highest BCUT2D eigenvalue weighted by Crippen LogP contribution is 2.30. The average molecular weight is 526 g/mol. The SMILES string of the molecule is NN=C(C=Nc1ccc(O)cc1)c1ccc2c(Oc3cc(F)cc(I)c3)cccc2n1. The molecular weight excluding hydrogens is 510 g/mol. The Hall–Kier alpha value is -3.53. The number of hydrazone groups is 1. The normalized spacial score (nSPS) is 11.9. The summed E-state index contributed by atoms with van der Waals surface area (Å²) in [7, 11) is 0. The molecule has 4 rings (SSSR count). The zero-order valence-corrected chi connectivity index (χ0v) is 18.2. The largest absolute Gasteiger partial charge is 0.508 e. The van der Waals surface area contributed by atoms with Crippen LogP contribution in [0.5, 0.6) is 17.2 Å². The maximum absolute atomic E-state index is 13.7. The Kier molecular flexibility index (Phi) is 6.08. The fourth-order valence-corrected chi connectivity index (χ4v) is 3.52. The average Bonchev–Trinajstić information content (AvgIpc) is 2.75. The number of benzene rings is 3. The summed E-state index contributed by atoms with van der Waals surface area (Å²) < 4.78 is 20.3. The van der Waals surface area contributed by atoms with Crippen LogP contribution in [-0.2, 0) is 0 Å². The van der Waals surface area contributed by atoms with Crippen molar-refractivity contribution < 1.29 is 14.2 Å². The highest BCUT2D eigenvalue weighted by molar-refractivity contribution is 14.1. The van der Waals surface area contributed by atoms with Crippen LogP contribution in [0.25, 0.3) is 10.9 Å². The first-order valence-electron chi connectivity index (χ1n) is 9.17. The summed E-state index contributed by atoms with van der Waals surface area (Å²) in [5.74, 6) is 6.32. The summed E-state index contributed by atoms with van der Waals surface area (Å²) in [6.45, 7) is 0. The predicted octanol–water partition coefficient (Wildman–Crippen LogP) is 5.54. The maximum atomic E-state index is 13.7. The molecule has 3 N–H and O–H groups in total. The molecule has 0 saturated carbocycles. The third-order valence-electron chi connectivity index (χ3n) is 4.34. The number of pyridine rings is 1. The molecule has 0 aliphatic heterocycles. The van der Waals surface area contributed by atoms with Gasteiger partial charge in [0.15, 0.2) is 0 Å². The lowest BCUT2D eigenvalue weighted by atomic mass is 10.1. The van der Waals surface area contributed by atoms with Crippen LogP contribution >= 0.6 is 22.6 Å². The van der Waals surface area contributed by atoms with Crippen molar-refractivity contribution in [2.45, 2.75) is 0 Å². The number of phenolic OH excluding ortho intramolecular Hbond substituents is 1. The Morgan fingerprint density at radius 1 is 1.06 bits per heavy atom. The van der Waals surface area contributed by atoms with Gasteiger partial charge in [-0.2, -0.15) is 5.10 Å². The number of aromatic hydroxyl groups is 1. The molecule has 0 amide bonds. The first kappa shape index (κ1) is 20.7. The number of phenols is 1. The summed E-state index contributed by atoms with van der Waals surface area (Å²) in [6, 6.07) is 20.0. The molecule has 0 spiro atoms. The monoisotopic (exact) mass is 526 g/mol. The van der Waals surface area contributed by atoms with Crippen molar-refractivity contribution >= 4 is 51.1 Å². The van der Waals surface area contributed by atoms with Crippen LogP contribution in [0.2, 0.25) is 0 Å². The highest BCUT2D eigenvalue weighted by atomic mass is 127. The number of nitrogens with two attached hydrogens (primary N) is 1. The van der Waals surface area contributed by atoms with E-state index in [-0.39, 0.29) is 11.6 Å². The van der Waals surface area contributed by atoms with Gasteiger partial charge in [0.25, 0.3) is 0 Å². The van der Waals surface area contributed by atoms with Crippen molar-refractivity contribution in [3.05, 3.63) is 87.9 Å². The Labute approximate surface area is 191 Å². The van der Waals surface area contributed by atoms with E-state index >= 15 is 0 Å². The third kappa shape index (κ3) is 4.97. The topological polar surface area (TPSA) is 93.1 Å². The summed E-state index contributed by atoms with van der Waals surface area (Å²) in [5, 5.41) is 13.9. The molecule has 6 nitrogen and oxygen atoms in total. The van der Waals surface area contributed by atoms with E-state index in [1.165, 1.54) is 18.3 Å². The first-order chi connectivity index (χ1) is 15.0. The van der Waals surface area contributed by atoms with Gasteiger partial charge in [0, 0.05) is 15.0 Å². The lowest BCUT2D eigenvalue weighted by Gasteiger charge is -2.10. The minimum absolute atomic E-state index is 0.161. The fraction of sp³-hybridized carbons (Fsp3) is 0. The Bertz CT molecular complexity index is 1290. The summed E-state index contributed by atoms with van der Waals surface area (Å²) in [5.41, 5.74) is 2.23. The molecule has 3 aromatic carbocycles. The van der Waals surface area contributed by atoms with Gasteiger partial charge >= 0.3 is 0 Å². The van der Waals surface area contributed by atoms with Crippen molar-refractivity contribution in [1.82, 2.24) is 4.98 Å². The summed E-state index contributed by atoms with van der Waals surface area (Å²) in [6.07, 6.45) is 1.51. The Morgan fingerprint density at radius 2 is 1.87 bits per heavy atom. The number of fused-ring (bicyclic) bond motifs is 1. The van der Waals surface area contributed by atoms with E-state index in [0.29, 0.717) is 34.1 Å². The second-order valence-electron chi connectivity index (χ2n) is 6.52. The van der Waals surface area contributed by atoms with Crippen LogP contribution in [0.15, 0.2) is 82.9 Å². The van der Waals surface area contributed by atoms with E-state index in [1.807, 2.05) is 40.8 Å². The van der Waals surface area contributed by atoms with E-state index in [1.54, 1.807) is 42.5 Å². The quantitative estimate of drug-likeness (QED) is 0.155. The molecule has 0 aliphatic rings. The number of aromatic nitrogens is 1. The zero-order valence-electron chi connectivity index (χ0n) is 16.0. The van der Waals surface area contributed by atoms with E-state index in [4.69, 9.17) is 10.6 Å². The molecule has 4 aromatic rings. The van der Waals surface area contributed by atoms with Gasteiger partial charge in [-0.25, -0.2) is 9.37 Å². The predicted molar refractivity (Wildman–Crippen MR) is 128 cm³/mol. The molecule has 0 radical (unpaired) electrons. The fourth-order valence-electron chi connectivity index (χ4n) is 2.91. The zero-order chi connectivity index (χ0) is 21.8. The summed E-state index contributed by atoms with van der Waals surface area (Å²) >= 11 is 2.04. The van der Waals surface area contributed by atoms with Crippen LogP contribution in [0.1, 0.15) is 5.69 Å². The number of halogens is 2. The summed E-state index contributed by atoms with van der Waals surface area (Å²) in [4.78, 5) is 8.93. The molecule has 0 unspecified atom stereocenters. The Balaban J connectivity index is 1.64. The van der Waals surface area contributed by atoms with Gasteiger partial charge in [-0.1, -0.05) is 6.07 Å². The Morgan fingerprint density at radius 3 is 2.61 bits per heavy atom. The molecule has 1 heterocycles. The second-order valence-corrected chi connectivity index (χ2v) is 7.76. The van der Waals surface area contributed by atoms with Crippen LogP contribution in [0.3, 0.4) is 0 Å². The lowest BCUT2D eigenvalue weighted by Crippen LogP contribution is -2.08. The number of nitrogens with zero attached hydrogens (tertiary/aromatic N) is 3. The van der Waals surface area contributed by atoms with Crippen LogP contribution < -0.4 is 10.6 Å². The first-order valence-corrected chi connectivity index (χ1v) is 10.2. The van der Waals surface area contributed by atoms with Crippen LogP contribution in [-0.4, -0.2) is 22.0 Å². The molecule has 0 atom stereocenters. The molecule has 0 bridgehead atoms. The number of hydrogen-bond donors (Lipinski definition) is 2. The molecule has 0 aliphatic carbocycles. The number of hydrogen-bond acceptors (Lipinski definition) is 6. The van der Waals surface area contributed by atoms with E-state index in [0.717, 1.165) is 8.96 Å². The smallest absolute Gasteiger partial charge is 0.136 e. The molecule has 0 fully saturated rings. The minimum atomic E-state index is -0.362. The van der Waals surface area contributed by atoms with E-state index in [2.05, 4.69) is 15.1 Å². The van der Waals surface area contributed by atoms with Gasteiger partial charge in [-0.15, -0.1) is 0 Å². The van der Waals surface area contributed by atoms with Gasteiger partial charge in [0.2, 0.25) is 0 Å². The number of rotatable bonds is 5. The van der Waals surface area contributed by atoms with E-state index < -0.39 is 0 Å². The van der Waals surface area contributed by atoms with Gasteiger partial charge in [-0.3, -0.25) is 4.99 Å². The van der Waals surface area contributed by atoms with Crippen LogP contribution in [0, 0.1) is 9.39 Å². The van der Waals surface area contributed by atoms with E-state index in [9.17, 15) is 9.50 Å². The third-order valence-corrected chi connectivity index (χ3v) is 4.97. The molecule has 154 valence electrons. The number of ether oxygens (including phenoxy) is 1. The minimum Gasteiger partial charge on any atom is -0.508 e. The van der Waals surface area contributed by atoms with Gasteiger partial charge < -0.3 is 15.7 Å². The second kappa shape index (κ2) is 9.09. The van der Waals surface area contributed by atoms with Gasteiger partial charge in [-0.05, 0) is 83.3 Å². The lowest BCUT2D eigenvalue weighted by molar-refractivity contribution is 0.475. The highest BCUT2D eigenvalue weighted by Gasteiger charge is 2.10. The maximum Gasteiger partial charge on any atom is 0.136 e. The van der Waals surface area contributed by atoms with Crippen molar-refractivity contribution in [2.24, 2.45) is 15.9 Å².